The maximum atomic E-state index is 11.3. The number of aromatic nitrogens is 4. The third-order valence-corrected chi connectivity index (χ3v) is 2.64. The number of nitrogens with two attached hydrogens (primary N) is 4. The lowest BCUT2D eigenvalue weighted by Gasteiger charge is -2.04. The first-order chi connectivity index (χ1) is 12.5. The first-order valence-corrected chi connectivity index (χ1v) is 6.50. The smallest absolute Gasteiger partial charge is 0.422 e. The average molecular weight is 384 g/mol. The van der Waals surface area contributed by atoms with E-state index in [9.17, 15) is 19.8 Å². The van der Waals surface area contributed by atoms with Crippen LogP contribution in [0.2, 0.25) is 0 Å². The van der Waals surface area contributed by atoms with Crippen LogP contribution in [0.3, 0.4) is 0 Å². The van der Waals surface area contributed by atoms with Crippen LogP contribution in [0.4, 0.5) is 21.2 Å². The minimum atomic E-state index is -1.78. The number of aliphatic imine (C=N–C) groups is 2. The number of hydrogen-bond donors (Lipinski definition) is 8. The molecule has 12 N–H and O–H groups in total. The molecule has 0 aliphatic heterocycles. The number of ether oxygens (including phenoxy) is 1. The van der Waals surface area contributed by atoms with Crippen molar-refractivity contribution in [2.75, 3.05) is 0 Å². The van der Waals surface area contributed by atoms with Gasteiger partial charge in [-0.2, -0.15) is 29.1 Å². The molecule has 0 aliphatic carbocycles. The molecular formula is C10H12N10O7. The average Bonchev–Trinajstić information content (AvgIpc) is 2.96. The van der Waals surface area contributed by atoms with Crippen LogP contribution in [-0.4, -0.2) is 63.6 Å². The van der Waals surface area contributed by atoms with Crippen molar-refractivity contribution in [3.8, 4) is 23.8 Å². The SMILES string of the molecule is NC(N)=Nc1nc(Oc2nc(N=C(N)N)c(O)n2C(=O)O)n(C(=O)O)c1O. The highest BCUT2D eigenvalue weighted by Crippen LogP contribution is 2.36. The number of imidazole rings is 2. The molecule has 0 spiro atoms. The Labute approximate surface area is 147 Å². The number of hydrogen-bond acceptors (Lipinski definition) is 9. The van der Waals surface area contributed by atoms with Gasteiger partial charge < -0.3 is 48.1 Å². The molecule has 2 aromatic heterocycles. The summed E-state index contributed by atoms with van der Waals surface area (Å²) in [5.41, 5.74) is 20.5. The fourth-order valence-electron chi connectivity index (χ4n) is 1.72. The van der Waals surface area contributed by atoms with E-state index in [1.54, 1.807) is 0 Å². The fourth-order valence-corrected chi connectivity index (χ4v) is 1.72. The van der Waals surface area contributed by atoms with Gasteiger partial charge in [-0.05, 0) is 0 Å². The lowest BCUT2D eigenvalue weighted by Crippen LogP contribution is -2.22. The maximum Gasteiger partial charge on any atom is 0.422 e. The summed E-state index contributed by atoms with van der Waals surface area (Å²) < 4.78 is 5.14. The number of rotatable bonds is 4. The number of guanidine groups is 2. The van der Waals surface area contributed by atoms with Crippen LogP contribution in [0.5, 0.6) is 23.8 Å². The van der Waals surface area contributed by atoms with E-state index in [2.05, 4.69) is 20.0 Å². The van der Waals surface area contributed by atoms with Crippen molar-refractivity contribution >= 4 is 35.7 Å². The van der Waals surface area contributed by atoms with Gasteiger partial charge in [0.05, 0.1) is 0 Å². The minimum Gasteiger partial charge on any atom is -0.491 e. The largest absolute Gasteiger partial charge is 0.491 e. The zero-order valence-electron chi connectivity index (χ0n) is 13.0. The molecule has 0 saturated carbocycles. The molecule has 0 unspecified atom stereocenters. The van der Waals surface area contributed by atoms with Crippen molar-refractivity contribution in [2.45, 2.75) is 0 Å². The van der Waals surface area contributed by atoms with Gasteiger partial charge >= 0.3 is 24.2 Å². The van der Waals surface area contributed by atoms with Crippen molar-refractivity contribution in [2.24, 2.45) is 32.9 Å². The number of aromatic hydroxyl groups is 2. The Bertz CT molecular complexity index is 901. The van der Waals surface area contributed by atoms with E-state index in [0.29, 0.717) is 0 Å². The van der Waals surface area contributed by atoms with Gasteiger partial charge in [-0.15, -0.1) is 0 Å². The Kier molecular flexibility index (Phi) is 4.60. The molecule has 2 aromatic rings. The zero-order chi connectivity index (χ0) is 20.5. The van der Waals surface area contributed by atoms with Gasteiger partial charge in [0.15, 0.2) is 11.9 Å². The van der Waals surface area contributed by atoms with E-state index in [1.807, 2.05) is 0 Å². The first kappa shape index (κ1) is 18.6. The second kappa shape index (κ2) is 6.66. The van der Waals surface area contributed by atoms with Crippen LogP contribution in [-0.2, 0) is 0 Å². The summed E-state index contributed by atoms with van der Waals surface area (Å²) in [6, 6.07) is -1.80. The summed E-state index contributed by atoms with van der Waals surface area (Å²) in [5.74, 6) is -4.48. The molecule has 0 radical (unpaired) electrons. The summed E-state index contributed by atoms with van der Waals surface area (Å²) in [5, 5.41) is 38.0. The summed E-state index contributed by atoms with van der Waals surface area (Å²) in [6.45, 7) is 0. The van der Waals surface area contributed by atoms with Crippen molar-refractivity contribution in [3.63, 3.8) is 0 Å². The molecule has 0 aromatic carbocycles. The quantitative estimate of drug-likeness (QED) is 0.212. The van der Waals surface area contributed by atoms with E-state index in [-0.39, 0.29) is 9.13 Å². The Hall–Kier alpha value is -4.70. The van der Waals surface area contributed by atoms with Crippen molar-refractivity contribution < 1.29 is 34.8 Å². The molecule has 144 valence electrons. The summed E-state index contributed by atoms with van der Waals surface area (Å²) >= 11 is 0. The molecular weight excluding hydrogens is 372 g/mol. The lowest BCUT2D eigenvalue weighted by atomic mass is 10.7. The van der Waals surface area contributed by atoms with Gasteiger partial charge in [-0.3, -0.25) is 0 Å². The van der Waals surface area contributed by atoms with Crippen molar-refractivity contribution in [3.05, 3.63) is 0 Å². The van der Waals surface area contributed by atoms with Crippen molar-refractivity contribution in [1.82, 2.24) is 19.1 Å². The molecule has 0 atom stereocenters. The van der Waals surface area contributed by atoms with Crippen LogP contribution in [0.25, 0.3) is 0 Å². The Balaban J connectivity index is 2.63. The topological polar surface area (TPSA) is 289 Å². The van der Waals surface area contributed by atoms with Crippen molar-refractivity contribution in [1.29, 1.82) is 0 Å². The highest BCUT2D eigenvalue weighted by molar-refractivity contribution is 5.82. The van der Waals surface area contributed by atoms with E-state index < -0.39 is 59.5 Å². The molecule has 17 heteroatoms. The Morgan fingerprint density at radius 1 is 0.815 bits per heavy atom. The van der Waals surface area contributed by atoms with E-state index in [1.165, 1.54) is 0 Å². The van der Waals surface area contributed by atoms with Crippen LogP contribution in [0.1, 0.15) is 0 Å². The van der Waals surface area contributed by atoms with E-state index >= 15 is 0 Å². The molecule has 2 rings (SSSR count). The second-order valence-corrected chi connectivity index (χ2v) is 4.49. The predicted molar refractivity (Wildman–Crippen MR) is 85.6 cm³/mol. The third-order valence-electron chi connectivity index (χ3n) is 2.64. The molecule has 2 heterocycles. The molecule has 0 amide bonds. The molecule has 0 saturated heterocycles. The first-order valence-electron chi connectivity index (χ1n) is 6.50. The Morgan fingerprint density at radius 3 is 1.41 bits per heavy atom. The zero-order valence-corrected chi connectivity index (χ0v) is 13.0. The second-order valence-electron chi connectivity index (χ2n) is 4.49. The van der Waals surface area contributed by atoms with Crippen LogP contribution < -0.4 is 27.7 Å². The summed E-state index contributed by atoms with van der Waals surface area (Å²) in [7, 11) is 0. The highest BCUT2D eigenvalue weighted by atomic mass is 16.5. The van der Waals surface area contributed by atoms with Crippen LogP contribution in [0.15, 0.2) is 9.98 Å². The molecule has 0 bridgehead atoms. The normalized spacial score (nSPS) is 10.2. The van der Waals surface area contributed by atoms with E-state index in [4.69, 9.17) is 37.9 Å². The monoisotopic (exact) mass is 384 g/mol. The van der Waals surface area contributed by atoms with Gasteiger partial charge in [0, 0.05) is 0 Å². The van der Waals surface area contributed by atoms with Crippen LogP contribution >= 0.6 is 0 Å². The van der Waals surface area contributed by atoms with Gasteiger partial charge in [0.25, 0.3) is 11.8 Å². The standard InChI is InChI=1S/C10H12N10O7/c11-5(12)15-1-3(21)19(9(23)24)7(17-1)27-8-18-2(16-6(13)14)4(22)20(8)10(25)26/h21-22H,(H,23,24)(H,25,26)(H4,11,12,15)(H4,13,14,16). The van der Waals surface area contributed by atoms with E-state index in [0.717, 1.165) is 0 Å². The van der Waals surface area contributed by atoms with Gasteiger partial charge in [-0.25, -0.2) is 9.59 Å². The molecule has 0 fully saturated rings. The van der Waals surface area contributed by atoms with Gasteiger partial charge in [0.1, 0.15) is 0 Å². The number of nitrogens with zero attached hydrogens (tertiary/aromatic N) is 6. The fraction of sp³-hybridized carbons (Fsp3) is 0. The van der Waals surface area contributed by atoms with Crippen LogP contribution in [0, 0.1) is 0 Å². The Morgan fingerprint density at radius 2 is 1.15 bits per heavy atom. The van der Waals surface area contributed by atoms with Gasteiger partial charge in [0.2, 0.25) is 11.6 Å². The number of carboxylic acid groups (broad SMARTS) is 2. The van der Waals surface area contributed by atoms with Gasteiger partial charge in [-0.1, -0.05) is 0 Å². The summed E-state index contributed by atoms with van der Waals surface area (Å²) in [6.07, 6.45) is -3.57. The highest BCUT2D eigenvalue weighted by Gasteiger charge is 2.28. The maximum absolute atomic E-state index is 11.3. The third kappa shape index (κ3) is 3.55. The molecule has 0 aliphatic rings. The summed E-state index contributed by atoms with van der Waals surface area (Å²) in [4.78, 5) is 36.4. The predicted octanol–water partition coefficient (Wildman–Crippen LogP) is -1.85. The molecule has 27 heavy (non-hydrogen) atoms. The molecule has 17 nitrogen and oxygen atoms in total. The number of carbonyl (C=O) groups is 2. The minimum absolute atomic E-state index is 0.0833. The lowest BCUT2D eigenvalue weighted by molar-refractivity contribution is 0.186.